The molecule has 0 saturated carbocycles. The van der Waals surface area contributed by atoms with Crippen LogP contribution >= 0.6 is 15.9 Å². The minimum atomic E-state index is -0.433. The van der Waals surface area contributed by atoms with Crippen LogP contribution in [0.25, 0.3) is 0 Å². The van der Waals surface area contributed by atoms with Gasteiger partial charge in [-0.3, -0.25) is 15.5 Å². The molecule has 29 heavy (non-hydrogen) atoms. The van der Waals surface area contributed by atoms with Gasteiger partial charge < -0.3 is 9.47 Å². The van der Waals surface area contributed by atoms with E-state index in [4.69, 9.17) is 9.47 Å². The lowest BCUT2D eigenvalue weighted by molar-refractivity contribution is -0.384. The zero-order valence-electron chi connectivity index (χ0n) is 15.5. The third kappa shape index (κ3) is 5.55. The molecule has 0 aliphatic carbocycles. The molecule has 0 bridgehead atoms. The highest BCUT2D eigenvalue weighted by molar-refractivity contribution is 9.10. The third-order valence-electron chi connectivity index (χ3n) is 3.96. The van der Waals surface area contributed by atoms with E-state index in [1.807, 2.05) is 42.5 Å². The van der Waals surface area contributed by atoms with Gasteiger partial charge in [0, 0.05) is 12.1 Å². The largest absolute Gasteiger partial charge is 0.493 e. The van der Waals surface area contributed by atoms with Crippen molar-refractivity contribution < 1.29 is 14.4 Å². The van der Waals surface area contributed by atoms with Crippen molar-refractivity contribution in [2.75, 3.05) is 12.5 Å². The summed E-state index contributed by atoms with van der Waals surface area (Å²) in [6.45, 7) is 0.246. The van der Waals surface area contributed by atoms with Gasteiger partial charge in [-0.15, -0.1) is 0 Å². The number of non-ortho nitro benzene ring substituents is 1. The normalized spacial score (nSPS) is 10.7. The number of nitro benzene ring substituents is 1. The molecule has 3 aromatic carbocycles. The first-order valence-electron chi connectivity index (χ1n) is 8.64. The van der Waals surface area contributed by atoms with Crippen LogP contribution in [0.4, 0.5) is 11.4 Å². The monoisotopic (exact) mass is 455 g/mol. The topological polar surface area (TPSA) is 86.0 Å². The first-order valence-corrected chi connectivity index (χ1v) is 9.44. The first-order chi connectivity index (χ1) is 14.1. The van der Waals surface area contributed by atoms with Gasteiger partial charge in [-0.25, -0.2) is 0 Å². The van der Waals surface area contributed by atoms with Gasteiger partial charge in [-0.2, -0.15) is 5.10 Å². The van der Waals surface area contributed by atoms with Crippen LogP contribution in [0, 0.1) is 10.1 Å². The molecule has 3 rings (SSSR count). The number of halogens is 1. The van der Waals surface area contributed by atoms with E-state index in [1.54, 1.807) is 25.5 Å². The maximum Gasteiger partial charge on any atom is 0.269 e. The van der Waals surface area contributed by atoms with Crippen molar-refractivity contribution >= 4 is 33.5 Å². The highest BCUT2D eigenvalue weighted by Crippen LogP contribution is 2.37. The summed E-state index contributed by atoms with van der Waals surface area (Å²) in [5.74, 6) is 1.08. The Kier molecular flexibility index (Phi) is 6.80. The van der Waals surface area contributed by atoms with E-state index in [1.165, 1.54) is 12.1 Å². The fraction of sp³-hybridized carbons (Fsp3) is 0.0952. The molecule has 0 atom stereocenters. The second kappa shape index (κ2) is 9.70. The fourth-order valence-corrected chi connectivity index (χ4v) is 3.09. The molecule has 0 spiro atoms. The van der Waals surface area contributed by atoms with Gasteiger partial charge in [0.1, 0.15) is 6.61 Å². The molecule has 0 aliphatic rings. The van der Waals surface area contributed by atoms with Crippen molar-refractivity contribution in [3.8, 4) is 11.5 Å². The molecule has 0 aromatic heterocycles. The summed E-state index contributed by atoms with van der Waals surface area (Å²) in [4.78, 5) is 10.3. The second-order valence-corrected chi connectivity index (χ2v) is 6.84. The number of hydrazone groups is 1. The van der Waals surface area contributed by atoms with Crippen molar-refractivity contribution in [3.63, 3.8) is 0 Å². The number of para-hydroxylation sites is 1. The zero-order chi connectivity index (χ0) is 20.6. The van der Waals surface area contributed by atoms with E-state index in [0.29, 0.717) is 16.0 Å². The number of nitrogens with zero attached hydrogens (tertiary/aromatic N) is 2. The number of ether oxygens (including phenoxy) is 2. The molecule has 0 saturated heterocycles. The third-order valence-corrected chi connectivity index (χ3v) is 4.55. The number of methoxy groups -OCH3 is 1. The Hall–Kier alpha value is -3.39. The summed E-state index contributed by atoms with van der Waals surface area (Å²) in [5.41, 5.74) is 5.51. The summed E-state index contributed by atoms with van der Waals surface area (Å²) in [6.07, 6.45) is 1.68. The molecule has 0 aliphatic heterocycles. The molecule has 8 heteroatoms. The number of hydrogen-bond donors (Lipinski definition) is 1. The quantitative estimate of drug-likeness (QED) is 0.279. The number of anilines is 1. The smallest absolute Gasteiger partial charge is 0.269 e. The summed E-state index contributed by atoms with van der Waals surface area (Å²) in [5, 5.41) is 15.0. The van der Waals surface area contributed by atoms with Crippen molar-refractivity contribution in [2.24, 2.45) is 5.10 Å². The molecule has 0 unspecified atom stereocenters. The van der Waals surface area contributed by atoms with Crippen LogP contribution in [0.1, 0.15) is 11.1 Å². The Morgan fingerprint density at radius 1 is 1.14 bits per heavy atom. The van der Waals surface area contributed by atoms with Crippen LogP contribution in [0.15, 0.2) is 76.3 Å². The summed E-state index contributed by atoms with van der Waals surface area (Å²) < 4.78 is 12.0. The molecular weight excluding hydrogens is 438 g/mol. The predicted molar refractivity (Wildman–Crippen MR) is 116 cm³/mol. The number of nitrogens with one attached hydrogen (secondary N) is 1. The van der Waals surface area contributed by atoms with E-state index in [-0.39, 0.29) is 12.3 Å². The fourth-order valence-electron chi connectivity index (χ4n) is 2.52. The van der Waals surface area contributed by atoms with Crippen LogP contribution in [-0.2, 0) is 6.61 Å². The van der Waals surface area contributed by atoms with E-state index in [9.17, 15) is 10.1 Å². The van der Waals surface area contributed by atoms with Gasteiger partial charge in [-0.05, 0) is 63.5 Å². The van der Waals surface area contributed by atoms with Crippen LogP contribution in [-0.4, -0.2) is 18.2 Å². The van der Waals surface area contributed by atoms with Gasteiger partial charge >= 0.3 is 0 Å². The van der Waals surface area contributed by atoms with Crippen LogP contribution in [0.3, 0.4) is 0 Å². The first kappa shape index (κ1) is 20.3. The molecule has 0 radical (unpaired) electrons. The van der Waals surface area contributed by atoms with Gasteiger partial charge in [0.05, 0.1) is 28.4 Å². The van der Waals surface area contributed by atoms with Crippen molar-refractivity contribution in [2.45, 2.75) is 6.61 Å². The zero-order valence-corrected chi connectivity index (χ0v) is 17.1. The number of rotatable bonds is 8. The number of benzene rings is 3. The summed E-state index contributed by atoms with van der Waals surface area (Å²) >= 11 is 3.50. The highest BCUT2D eigenvalue weighted by atomic mass is 79.9. The SMILES string of the molecule is COc1cc(/C=N\Nc2ccccc2)cc(Br)c1OCc1ccc([N+](=O)[O-])cc1. The van der Waals surface area contributed by atoms with Crippen LogP contribution in [0.2, 0.25) is 0 Å². The molecule has 148 valence electrons. The van der Waals surface area contributed by atoms with E-state index in [0.717, 1.165) is 16.8 Å². The van der Waals surface area contributed by atoms with E-state index in [2.05, 4.69) is 26.5 Å². The lowest BCUT2D eigenvalue weighted by Crippen LogP contribution is -2.00. The minimum Gasteiger partial charge on any atom is -0.493 e. The average molecular weight is 456 g/mol. The molecule has 0 heterocycles. The lowest BCUT2D eigenvalue weighted by atomic mass is 10.2. The minimum absolute atomic E-state index is 0.0419. The summed E-state index contributed by atoms with van der Waals surface area (Å²) in [7, 11) is 1.56. The van der Waals surface area contributed by atoms with E-state index < -0.39 is 4.92 Å². The molecule has 7 nitrogen and oxygen atoms in total. The maximum absolute atomic E-state index is 10.7. The average Bonchev–Trinajstić information content (AvgIpc) is 2.73. The Bertz CT molecular complexity index is 1010. The molecule has 0 amide bonds. The number of hydrogen-bond acceptors (Lipinski definition) is 6. The molecule has 1 N–H and O–H groups in total. The Morgan fingerprint density at radius 3 is 2.52 bits per heavy atom. The Labute approximate surface area is 176 Å². The van der Waals surface area contributed by atoms with Gasteiger partial charge in [0.25, 0.3) is 5.69 Å². The van der Waals surface area contributed by atoms with Gasteiger partial charge in [-0.1, -0.05) is 18.2 Å². The van der Waals surface area contributed by atoms with Crippen LogP contribution < -0.4 is 14.9 Å². The summed E-state index contributed by atoms with van der Waals surface area (Å²) in [6, 6.07) is 19.5. The molecule has 3 aromatic rings. The maximum atomic E-state index is 10.7. The predicted octanol–water partition coefficient (Wildman–Crippen LogP) is 5.39. The molecular formula is C21H18BrN3O4. The van der Waals surface area contributed by atoms with Gasteiger partial charge in [0.15, 0.2) is 11.5 Å². The second-order valence-electron chi connectivity index (χ2n) is 5.98. The number of nitro groups is 1. The highest BCUT2D eigenvalue weighted by Gasteiger charge is 2.12. The van der Waals surface area contributed by atoms with Crippen molar-refractivity contribution in [1.29, 1.82) is 0 Å². The van der Waals surface area contributed by atoms with Gasteiger partial charge in [0.2, 0.25) is 0 Å². The molecule has 0 fully saturated rings. The lowest BCUT2D eigenvalue weighted by Gasteiger charge is -2.13. The van der Waals surface area contributed by atoms with E-state index >= 15 is 0 Å². The Balaban J connectivity index is 1.70. The Morgan fingerprint density at radius 2 is 1.86 bits per heavy atom. The van der Waals surface area contributed by atoms with Crippen molar-refractivity contribution in [3.05, 3.63) is 92.4 Å². The van der Waals surface area contributed by atoms with Crippen molar-refractivity contribution in [1.82, 2.24) is 0 Å². The van der Waals surface area contributed by atoms with Crippen LogP contribution in [0.5, 0.6) is 11.5 Å². The standard InChI is InChI=1S/C21H18BrN3O4/c1-28-20-12-16(13-23-24-17-5-3-2-4-6-17)11-19(22)21(20)29-14-15-7-9-18(10-8-15)25(26)27/h2-13,24H,14H2,1H3/b23-13-.